The molecule has 178 valence electrons. The molecule has 12 heteroatoms. The molecule has 2 amide bonds. The second-order valence-corrected chi connectivity index (χ2v) is 9.85. The maximum absolute atomic E-state index is 12.7. The summed E-state index contributed by atoms with van der Waals surface area (Å²) < 4.78 is 63.6. The van der Waals surface area contributed by atoms with Crippen LogP contribution in [-0.2, 0) is 22.6 Å². The predicted molar refractivity (Wildman–Crippen MR) is 112 cm³/mol. The number of carbonyl (C=O) groups excluding carboxylic acids is 2. The first-order valence-corrected chi connectivity index (χ1v) is 11.5. The molecule has 6 nitrogen and oxygen atoms in total. The average Bonchev–Trinajstić information content (AvgIpc) is 2.73. The number of hydrogen-bond donors (Lipinski definition) is 2. The summed E-state index contributed by atoms with van der Waals surface area (Å²) in [5.41, 5.74) is 1.90. The van der Waals surface area contributed by atoms with Gasteiger partial charge in [0.05, 0.1) is 12.1 Å². The summed E-state index contributed by atoms with van der Waals surface area (Å²) in [6.07, 6.45) is 2.57. The fourth-order valence-corrected chi connectivity index (χ4v) is 3.89. The van der Waals surface area contributed by atoms with Gasteiger partial charge < -0.3 is 15.3 Å². The fourth-order valence-electron chi connectivity index (χ4n) is 3.24. The molecule has 0 saturated heterocycles. The normalized spacial score (nSPS) is 16.0. The second-order valence-electron chi connectivity index (χ2n) is 7.44. The van der Waals surface area contributed by atoms with Crippen LogP contribution in [0.15, 0.2) is 53.4 Å². The Morgan fingerprint density at radius 3 is 2.27 bits per heavy atom. The van der Waals surface area contributed by atoms with Gasteiger partial charge in [-0.1, -0.05) is 37.6 Å². The number of fused-ring (bicyclic) bond motifs is 1. The fraction of sp³-hybridized carbons (Fsp3) is 0.190. The Hall–Kier alpha value is -3.41. The Morgan fingerprint density at radius 2 is 1.67 bits per heavy atom. The summed E-state index contributed by atoms with van der Waals surface area (Å²) >= 11 is 0. The first-order valence-electron chi connectivity index (χ1n) is 9.55. The van der Waals surface area contributed by atoms with Crippen LogP contribution in [0.3, 0.4) is 0 Å². The van der Waals surface area contributed by atoms with Gasteiger partial charge in [-0.05, 0) is 53.5 Å². The summed E-state index contributed by atoms with van der Waals surface area (Å²) in [4.78, 5) is 34.8. The van der Waals surface area contributed by atoms with E-state index < -0.39 is 27.0 Å². The predicted octanol–water partition coefficient (Wildman–Crippen LogP) is 4.76. The highest BCUT2D eigenvalue weighted by molar-refractivity contribution is 8.45. The van der Waals surface area contributed by atoms with Crippen molar-refractivity contribution >= 4 is 34.1 Å². The average molecular weight is 490 g/mol. The third-order valence-electron chi connectivity index (χ3n) is 4.98. The summed E-state index contributed by atoms with van der Waals surface area (Å²) in [7, 11) is -9.75. The van der Waals surface area contributed by atoms with E-state index >= 15 is 0 Å². The van der Waals surface area contributed by atoms with E-state index in [1.54, 1.807) is 12.1 Å². The molecule has 1 heterocycles. The van der Waals surface area contributed by atoms with Gasteiger partial charge in [0.1, 0.15) is 4.90 Å². The lowest BCUT2D eigenvalue weighted by Gasteiger charge is -2.40. The van der Waals surface area contributed by atoms with Gasteiger partial charge >= 0.3 is 16.2 Å². The van der Waals surface area contributed by atoms with E-state index in [-0.39, 0.29) is 42.3 Å². The van der Waals surface area contributed by atoms with Gasteiger partial charge in [0.25, 0.3) is 0 Å². The number of nitrogens with zero attached hydrogens (tertiary/aromatic N) is 1. The molecule has 0 spiro atoms. The molecule has 2 aromatic carbocycles. The van der Waals surface area contributed by atoms with Crippen LogP contribution in [0.2, 0.25) is 0 Å². The van der Waals surface area contributed by atoms with Crippen LogP contribution in [-0.4, -0.2) is 40.9 Å². The Morgan fingerprint density at radius 1 is 1.00 bits per heavy atom. The van der Waals surface area contributed by atoms with Crippen LogP contribution in [0.4, 0.5) is 19.4 Å². The van der Waals surface area contributed by atoms with Gasteiger partial charge in [-0.25, -0.2) is 4.79 Å². The Balaban J connectivity index is 1.53. The van der Waals surface area contributed by atoms with Gasteiger partial charge in [-0.3, -0.25) is 9.59 Å². The zero-order valence-corrected chi connectivity index (χ0v) is 17.8. The molecule has 0 radical (unpaired) electrons. The molecule has 1 aliphatic rings. The standard InChI is InChI=1S/C21H19F5N2O4S/c22-33(23,24,25,26)18-6-1-14(2-7-18)3-8-19(29)27-12-20(30)28-10-9-15-11-16(21(31)32)4-5-17(15)13-28/h1-8,11H,9-10,12-13H2,(H,27,29)(H,31,32)/b8-3+. The zero-order chi connectivity index (χ0) is 24.5. The molecule has 0 unspecified atom stereocenters. The van der Waals surface area contributed by atoms with Crippen LogP contribution in [0.25, 0.3) is 6.08 Å². The van der Waals surface area contributed by atoms with Gasteiger partial charge in [0, 0.05) is 19.2 Å². The van der Waals surface area contributed by atoms with E-state index in [1.165, 1.54) is 11.0 Å². The van der Waals surface area contributed by atoms with Crippen molar-refractivity contribution in [3.8, 4) is 0 Å². The molecule has 0 aromatic heterocycles. The van der Waals surface area contributed by atoms with Crippen molar-refractivity contribution < 1.29 is 38.9 Å². The molecule has 1 aliphatic heterocycles. The highest BCUT2D eigenvalue weighted by atomic mass is 32.5. The third kappa shape index (κ3) is 6.31. The van der Waals surface area contributed by atoms with Crippen molar-refractivity contribution in [1.29, 1.82) is 0 Å². The number of rotatable bonds is 6. The monoisotopic (exact) mass is 490 g/mol. The minimum atomic E-state index is -9.75. The minimum absolute atomic E-state index is 0.0930. The SMILES string of the molecule is O=C(/C=C/c1ccc(S(F)(F)(F)(F)F)cc1)NCC(=O)N1CCc2cc(C(=O)O)ccc2C1. The lowest BCUT2D eigenvalue weighted by atomic mass is 9.97. The van der Waals surface area contributed by atoms with E-state index in [1.807, 2.05) is 0 Å². The van der Waals surface area contributed by atoms with Gasteiger partial charge in [0.15, 0.2) is 0 Å². The molecule has 2 aromatic rings. The molecular formula is C21H19F5N2O4S. The van der Waals surface area contributed by atoms with E-state index in [9.17, 15) is 33.8 Å². The highest BCUT2D eigenvalue weighted by Crippen LogP contribution is 3.02. The minimum Gasteiger partial charge on any atom is -0.478 e. The number of carboxylic acid groups (broad SMARTS) is 1. The second kappa shape index (κ2) is 7.87. The number of carboxylic acids is 1. The van der Waals surface area contributed by atoms with Gasteiger partial charge in [-0.2, -0.15) is 0 Å². The quantitative estimate of drug-likeness (QED) is 0.452. The van der Waals surface area contributed by atoms with Crippen LogP contribution in [0.5, 0.6) is 0 Å². The van der Waals surface area contributed by atoms with Crippen LogP contribution in [0.1, 0.15) is 27.0 Å². The van der Waals surface area contributed by atoms with Crippen molar-refractivity contribution in [2.24, 2.45) is 0 Å². The number of aromatic carboxylic acids is 1. The molecule has 2 N–H and O–H groups in total. The van der Waals surface area contributed by atoms with E-state index in [0.29, 0.717) is 13.0 Å². The Labute approximate surface area is 185 Å². The molecule has 0 bridgehead atoms. The number of nitrogens with one attached hydrogen (secondary N) is 1. The van der Waals surface area contributed by atoms with Crippen LogP contribution < -0.4 is 5.32 Å². The topological polar surface area (TPSA) is 86.7 Å². The number of halogens is 5. The molecular weight excluding hydrogens is 471 g/mol. The van der Waals surface area contributed by atoms with E-state index in [0.717, 1.165) is 35.4 Å². The lowest BCUT2D eigenvalue weighted by Crippen LogP contribution is -2.42. The Kier molecular flexibility index (Phi) is 5.78. The van der Waals surface area contributed by atoms with Crippen LogP contribution >= 0.6 is 10.2 Å². The zero-order valence-electron chi connectivity index (χ0n) is 16.9. The number of hydrogen-bond acceptors (Lipinski definition) is 3. The summed E-state index contributed by atoms with van der Waals surface area (Å²) in [6.45, 7) is 0.284. The van der Waals surface area contributed by atoms with Crippen molar-refractivity contribution in [3.63, 3.8) is 0 Å². The van der Waals surface area contributed by atoms with Gasteiger partial charge in [0.2, 0.25) is 11.8 Å². The largest absolute Gasteiger partial charge is 0.478 e. The smallest absolute Gasteiger partial charge is 0.335 e. The van der Waals surface area contributed by atoms with E-state index in [2.05, 4.69) is 5.32 Å². The van der Waals surface area contributed by atoms with Gasteiger partial charge in [-0.15, -0.1) is 0 Å². The Bertz CT molecular complexity index is 1150. The third-order valence-corrected chi connectivity index (χ3v) is 6.15. The number of amides is 2. The molecule has 0 atom stereocenters. The first-order chi connectivity index (χ1) is 15.1. The van der Waals surface area contributed by atoms with Crippen molar-refractivity contribution in [1.82, 2.24) is 10.2 Å². The first kappa shape index (κ1) is 24.2. The summed E-state index contributed by atoms with van der Waals surface area (Å²) in [5.74, 6) is -2.10. The maximum Gasteiger partial charge on any atom is 0.335 e. The lowest BCUT2D eigenvalue weighted by molar-refractivity contribution is -0.132. The molecule has 0 fully saturated rings. The maximum atomic E-state index is 12.7. The molecule has 0 aliphatic carbocycles. The number of benzene rings is 2. The van der Waals surface area contributed by atoms with Crippen LogP contribution in [0, 0.1) is 0 Å². The summed E-state index contributed by atoms with van der Waals surface area (Å²) in [5, 5.41) is 11.4. The van der Waals surface area contributed by atoms with Crippen molar-refractivity contribution in [2.45, 2.75) is 17.9 Å². The number of carbonyl (C=O) groups is 3. The molecule has 33 heavy (non-hydrogen) atoms. The molecule has 3 rings (SSSR count). The van der Waals surface area contributed by atoms with E-state index in [4.69, 9.17) is 5.11 Å². The summed E-state index contributed by atoms with van der Waals surface area (Å²) in [6, 6.07) is 6.77. The van der Waals surface area contributed by atoms with Crippen molar-refractivity contribution in [3.05, 3.63) is 70.8 Å². The molecule has 0 saturated carbocycles. The van der Waals surface area contributed by atoms with Crippen molar-refractivity contribution in [2.75, 3.05) is 13.1 Å². The highest BCUT2D eigenvalue weighted by Gasteiger charge is 2.65.